The maximum atomic E-state index is 12.4. The zero-order valence-corrected chi connectivity index (χ0v) is 11.3. The lowest BCUT2D eigenvalue weighted by Gasteiger charge is -2.16. The normalized spacial score (nSPS) is 16.6. The predicted molar refractivity (Wildman–Crippen MR) is 82.7 cm³/mol. The molecule has 1 aliphatic rings. The van der Waals surface area contributed by atoms with E-state index in [-0.39, 0.29) is 5.78 Å². The summed E-state index contributed by atoms with van der Waals surface area (Å²) in [6.07, 6.45) is 7.73. The minimum Gasteiger partial charge on any atom is -0.289 e. The standard InChI is InChI=1S/C19H16O/c20-19-17(11-6-9-15-7-2-1-3-8-15)14-13-16-10-4-5-12-18(16)19/h1-12H,13-14H2. The molecule has 2 aromatic rings. The zero-order valence-electron chi connectivity index (χ0n) is 11.3. The van der Waals surface area contributed by atoms with Crippen molar-refractivity contribution in [3.63, 3.8) is 0 Å². The Bertz CT molecular complexity index is 678. The van der Waals surface area contributed by atoms with Gasteiger partial charge in [0.15, 0.2) is 5.78 Å². The molecule has 0 amide bonds. The topological polar surface area (TPSA) is 17.1 Å². The summed E-state index contributed by atoms with van der Waals surface area (Å²) in [6, 6.07) is 18.0. The van der Waals surface area contributed by atoms with Crippen LogP contribution >= 0.6 is 0 Å². The minimum absolute atomic E-state index is 0.171. The molecule has 0 saturated heterocycles. The molecule has 98 valence electrons. The van der Waals surface area contributed by atoms with E-state index in [1.165, 1.54) is 5.56 Å². The molecule has 0 bridgehead atoms. The van der Waals surface area contributed by atoms with E-state index in [9.17, 15) is 4.79 Å². The highest BCUT2D eigenvalue weighted by Crippen LogP contribution is 2.24. The quantitative estimate of drug-likeness (QED) is 0.729. The highest BCUT2D eigenvalue weighted by atomic mass is 16.1. The molecule has 0 spiro atoms. The number of carbonyl (C=O) groups is 1. The molecule has 0 unspecified atom stereocenters. The van der Waals surface area contributed by atoms with Gasteiger partial charge in [0.25, 0.3) is 0 Å². The third-order valence-corrected chi connectivity index (χ3v) is 3.60. The highest BCUT2D eigenvalue weighted by molar-refractivity contribution is 6.10. The van der Waals surface area contributed by atoms with Crippen molar-refractivity contribution in [2.24, 2.45) is 0 Å². The second-order valence-corrected chi connectivity index (χ2v) is 4.95. The van der Waals surface area contributed by atoms with Gasteiger partial charge in [-0.05, 0) is 24.0 Å². The largest absolute Gasteiger partial charge is 0.289 e. The molecule has 0 saturated carbocycles. The van der Waals surface area contributed by atoms with Crippen molar-refractivity contribution in [1.82, 2.24) is 0 Å². The molecule has 0 N–H and O–H groups in total. The zero-order chi connectivity index (χ0) is 13.8. The number of aryl methyl sites for hydroxylation is 1. The van der Waals surface area contributed by atoms with Crippen molar-refractivity contribution < 1.29 is 4.79 Å². The van der Waals surface area contributed by atoms with E-state index < -0.39 is 0 Å². The second-order valence-electron chi connectivity index (χ2n) is 4.95. The number of ketones is 1. The number of hydrogen-bond acceptors (Lipinski definition) is 1. The Hall–Kier alpha value is -2.41. The third-order valence-electron chi connectivity index (χ3n) is 3.60. The van der Waals surface area contributed by atoms with Crippen LogP contribution in [0.15, 0.2) is 72.3 Å². The van der Waals surface area contributed by atoms with E-state index in [1.807, 2.05) is 72.8 Å². The van der Waals surface area contributed by atoms with Crippen molar-refractivity contribution in [2.45, 2.75) is 12.8 Å². The molecule has 20 heavy (non-hydrogen) atoms. The number of fused-ring (bicyclic) bond motifs is 1. The molecule has 0 fully saturated rings. The first-order valence-electron chi connectivity index (χ1n) is 6.89. The van der Waals surface area contributed by atoms with Crippen LogP contribution in [-0.4, -0.2) is 5.78 Å². The number of benzene rings is 2. The van der Waals surface area contributed by atoms with Crippen LogP contribution in [0, 0.1) is 0 Å². The SMILES string of the molecule is O=C1C(=CC=Cc2ccccc2)CCc2ccccc21. The van der Waals surface area contributed by atoms with Gasteiger partial charge in [-0.1, -0.05) is 72.8 Å². The fraction of sp³-hybridized carbons (Fsp3) is 0.105. The highest BCUT2D eigenvalue weighted by Gasteiger charge is 2.20. The molecular weight excluding hydrogens is 244 g/mol. The van der Waals surface area contributed by atoms with E-state index in [4.69, 9.17) is 0 Å². The monoisotopic (exact) mass is 260 g/mol. The predicted octanol–water partition coefficient (Wildman–Crippen LogP) is 4.46. The van der Waals surface area contributed by atoms with Gasteiger partial charge in [0, 0.05) is 11.1 Å². The Balaban J connectivity index is 1.81. The van der Waals surface area contributed by atoms with Gasteiger partial charge in [0.1, 0.15) is 0 Å². The molecule has 0 aromatic heterocycles. The van der Waals surface area contributed by atoms with Gasteiger partial charge in [-0.15, -0.1) is 0 Å². The van der Waals surface area contributed by atoms with Gasteiger partial charge < -0.3 is 0 Å². The average Bonchev–Trinajstić information content (AvgIpc) is 2.51. The second kappa shape index (κ2) is 5.70. The van der Waals surface area contributed by atoms with Gasteiger partial charge >= 0.3 is 0 Å². The molecule has 3 rings (SSSR count). The number of allylic oxidation sites excluding steroid dienone is 3. The lowest BCUT2D eigenvalue weighted by atomic mass is 9.87. The molecule has 1 aliphatic carbocycles. The van der Waals surface area contributed by atoms with Gasteiger partial charge in [0.2, 0.25) is 0 Å². The van der Waals surface area contributed by atoms with Crippen LogP contribution in [0.4, 0.5) is 0 Å². The Morgan fingerprint density at radius 1 is 0.850 bits per heavy atom. The molecule has 0 atom stereocenters. The molecule has 1 nitrogen and oxygen atoms in total. The summed E-state index contributed by atoms with van der Waals surface area (Å²) in [6.45, 7) is 0. The summed E-state index contributed by atoms with van der Waals surface area (Å²) in [7, 11) is 0. The Labute approximate surface area is 119 Å². The number of hydrogen-bond donors (Lipinski definition) is 0. The van der Waals surface area contributed by atoms with Gasteiger partial charge in [-0.3, -0.25) is 4.79 Å². The van der Waals surface area contributed by atoms with Crippen LogP contribution < -0.4 is 0 Å². The van der Waals surface area contributed by atoms with E-state index in [1.54, 1.807) is 0 Å². The van der Waals surface area contributed by atoms with Crippen LogP contribution in [0.25, 0.3) is 6.08 Å². The lowest BCUT2D eigenvalue weighted by Crippen LogP contribution is -2.13. The van der Waals surface area contributed by atoms with Gasteiger partial charge in [-0.25, -0.2) is 0 Å². The Morgan fingerprint density at radius 3 is 2.45 bits per heavy atom. The van der Waals surface area contributed by atoms with Crippen molar-refractivity contribution in [3.8, 4) is 0 Å². The van der Waals surface area contributed by atoms with Crippen molar-refractivity contribution in [1.29, 1.82) is 0 Å². The summed E-state index contributed by atoms with van der Waals surface area (Å²) in [4.78, 5) is 12.4. The summed E-state index contributed by atoms with van der Waals surface area (Å²) in [5, 5.41) is 0. The fourth-order valence-electron chi connectivity index (χ4n) is 2.51. The van der Waals surface area contributed by atoms with Crippen molar-refractivity contribution in [2.75, 3.05) is 0 Å². The Kier molecular flexibility index (Phi) is 3.60. The first-order chi connectivity index (χ1) is 9.84. The van der Waals surface area contributed by atoms with E-state index in [0.29, 0.717) is 0 Å². The molecule has 2 aromatic carbocycles. The average molecular weight is 260 g/mol. The molecular formula is C19H16O. The van der Waals surface area contributed by atoms with E-state index in [2.05, 4.69) is 0 Å². The fourth-order valence-corrected chi connectivity index (χ4v) is 2.51. The first kappa shape index (κ1) is 12.6. The number of Topliss-reactive ketones (excluding diaryl/α,β-unsaturated/α-hetero) is 1. The van der Waals surface area contributed by atoms with Gasteiger partial charge in [-0.2, -0.15) is 0 Å². The summed E-state index contributed by atoms with van der Waals surface area (Å²) < 4.78 is 0. The lowest BCUT2D eigenvalue weighted by molar-refractivity contribution is 0.102. The third kappa shape index (κ3) is 2.62. The molecule has 0 radical (unpaired) electrons. The number of rotatable bonds is 2. The summed E-state index contributed by atoms with van der Waals surface area (Å²) >= 11 is 0. The maximum Gasteiger partial charge on any atom is 0.189 e. The van der Waals surface area contributed by atoms with Crippen molar-refractivity contribution in [3.05, 3.63) is 89.0 Å². The van der Waals surface area contributed by atoms with Crippen LogP contribution in [0.5, 0.6) is 0 Å². The van der Waals surface area contributed by atoms with E-state index in [0.717, 1.165) is 29.5 Å². The van der Waals surface area contributed by atoms with Crippen LogP contribution in [-0.2, 0) is 6.42 Å². The summed E-state index contributed by atoms with van der Waals surface area (Å²) in [5.74, 6) is 0.171. The summed E-state index contributed by atoms with van der Waals surface area (Å²) in [5.41, 5.74) is 4.07. The molecule has 1 heteroatoms. The smallest absolute Gasteiger partial charge is 0.189 e. The van der Waals surface area contributed by atoms with Gasteiger partial charge in [0.05, 0.1) is 0 Å². The number of carbonyl (C=O) groups excluding carboxylic acids is 1. The first-order valence-corrected chi connectivity index (χ1v) is 6.89. The molecule has 0 aliphatic heterocycles. The van der Waals surface area contributed by atoms with Crippen LogP contribution in [0.3, 0.4) is 0 Å². The Morgan fingerprint density at radius 2 is 1.60 bits per heavy atom. The van der Waals surface area contributed by atoms with E-state index >= 15 is 0 Å². The van der Waals surface area contributed by atoms with Crippen molar-refractivity contribution >= 4 is 11.9 Å². The van der Waals surface area contributed by atoms with Crippen LogP contribution in [0.1, 0.15) is 27.9 Å². The minimum atomic E-state index is 0.171. The molecule has 0 heterocycles. The maximum absolute atomic E-state index is 12.4. The van der Waals surface area contributed by atoms with Crippen LogP contribution in [0.2, 0.25) is 0 Å².